The van der Waals surface area contributed by atoms with E-state index in [4.69, 9.17) is 9.47 Å². The molecule has 0 bridgehead atoms. The molecule has 6 aliphatic rings. The maximum Gasteiger partial charge on any atom is 0.306 e. The second-order valence-electron chi connectivity index (χ2n) is 15.2. The van der Waals surface area contributed by atoms with E-state index in [1.165, 1.54) is 46.2 Å². The molecule has 0 unspecified atom stereocenters. The van der Waals surface area contributed by atoms with E-state index in [0.29, 0.717) is 62.9 Å². The smallest absolute Gasteiger partial charge is 0.306 e. The van der Waals surface area contributed by atoms with Crippen molar-refractivity contribution in [3.8, 4) is 0 Å². The number of hydrogen-bond donors (Lipinski definition) is 2. The molecule has 4 aliphatic carbocycles. The van der Waals surface area contributed by atoms with Gasteiger partial charge in [-0.05, 0) is 134 Å². The number of aliphatic hydroxyl groups is 2. The molecule has 2 aromatic carbocycles. The maximum atomic E-state index is 11.5. The highest BCUT2D eigenvalue weighted by atomic mass is 16.5. The minimum Gasteiger partial charge on any atom is -0.465 e. The third-order valence-corrected chi connectivity index (χ3v) is 12.1. The number of rotatable bonds is 4. The van der Waals surface area contributed by atoms with Gasteiger partial charge in [-0.15, -0.1) is 0 Å². The summed E-state index contributed by atoms with van der Waals surface area (Å²) in [6.07, 6.45) is 14.4. The molecule has 0 aromatic heterocycles. The lowest BCUT2D eigenvalue weighted by atomic mass is 9.80. The van der Waals surface area contributed by atoms with Crippen LogP contribution in [0.2, 0.25) is 0 Å². The second kappa shape index (κ2) is 12.2. The van der Waals surface area contributed by atoms with Crippen LogP contribution < -0.4 is 0 Å². The van der Waals surface area contributed by atoms with Gasteiger partial charge < -0.3 is 19.7 Å². The van der Waals surface area contributed by atoms with E-state index in [9.17, 15) is 19.8 Å². The zero-order chi connectivity index (χ0) is 30.3. The molecule has 4 fully saturated rings. The van der Waals surface area contributed by atoms with E-state index in [1.807, 2.05) is 0 Å². The van der Waals surface area contributed by atoms with Crippen molar-refractivity contribution in [3.63, 3.8) is 0 Å². The summed E-state index contributed by atoms with van der Waals surface area (Å²) in [6, 6.07) is 13.9. The average molecular weight is 601 g/mol. The number of carbonyl (C=O) groups is 2. The minimum atomic E-state index is -0.0128. The highest BCUT2D eigenvalue weighted by Crippen LogP contribution is 2.52. The number of aryl methyl sites for hydroxylation is 2. The zero-order valence-corrected chi connectivity index (χ0v) is 26.0. The molecule has 2 N–H and O–H groups in total. The molecule has 6 nitrogen and oxygen atoms in total. The van der Waals surface area contributed by atoms with E-state index in [1.54, 1.807) is 0 Å². The number of carbonyl (C=O) groups excluding carboxylic acids is 2. The first-order valence-electron chi connectivity index (χ1n) is 17.1. The first-order chi connectivity index (χ1) is 21.3. The first kappa shape index (κ1) is 30.0. The van der Waals surface area contributed by atoms with Gasteiger partial charge in [0.05, 0.1) is 26.1 Å². The summed E-state index contributed by atoms with van der Waals surface area (Å²) in [5.74, 6) is 2.01. The van der Waals surface area contributed by atoms with Crippen LogP contribution in [0.3, 0.4) is 0 Å². The lowest BCUT2D eigenvalue weighted by Gasteiger charge is -2.25. The average Bonchev–Trinajstić information content (AvgIpc) is 3.85. The maximum absolute atomic E-state index is 11.5. The van der Waals surface area contributed by atoms with Crippen LogP contribution in [-0.2, 0) is 44.7 Å². The number of ether oxygens (including phenoxy) is 2. The third kappa shape index (κ3) is 6.09. The molecule has 2 saturated carbocycles. The quantitative estimate of drug-likeness (QED) is 0.420. The third-order valence-electron chi connectivity index (χ3n) is 12.1. The van der Waals surface area contributed by atoms with Crippen molar-refractivity contribution in [2.45, 2.75) is 102 Å². The van der Waals surface area contributed by atoms with Gasteiger partial charge in [0.25, 0.3) is 0 Å². The Hall–Kier alpha value is -2.70. The van der Waals surface area contributed by atoms with Crippen LogP contribution in [0, 0.1) is 22.7 Å². The molecule has 2 spiro atoms. The summed E-state index contributed by atoms with van der Waals surface area (Å²) in [5.41, 5.74) is 8.92. The summed E-state index contributed by atoms with van der Waals surface area (Å²) < 4.78 is 10.5. The van der Waals surface area contributed by atoms with Gasteiger partial charge in [0.1, 0.15) is 0 Å². The van der Waals surface area contributed by atoms with Crippen LogP contribution in [0.1, 0.15) is 109 Å². The summed E-state index contributed by atoms with van der Waals surface area (Å²) in [4.78, 5) is 22.9. The van der Waals surface area contributed by atoms with E-state index in [-0.39, 0.29) is 22.8 Å². The number of fused-ring (bicyclic) bond motifs is 2. The van der Waals surface area contributed by atoms with Crippen molar-refractivity contribution in [1.82, 2.24) is 0 Å². The molecule has 2 heterocycles. The molecule has 0 amide bonds. The van der Waals surface area contributed by atoms with Crippen molar-refractivity contribution < 1.29 is 29.3 Å². The molecular weight excluding hydrogens is 552 g/mol. The van der Waals surface area contributed by atoms with Gasteiger partial charge in [-0.3, -0.25) is 9.59 Å². The van der Waals surface area contributed by atoms with Crippen LogP contribution in [0.15, 0.2) is 36.4 Å². The monoisotopic (exact) mass is 600 g/mol. The standard InChI is InChI=1S/2C19H24O3/c2*20-11-13-1-2-15-8-16(4-3-14(15)7-13)17-5-6-19(9-17)10-18(21)22-12-19/h2*3-4,8,13,17,20H,1-2,5-7,9-12H2/t13-,17+,19+;13-,17-,19-/m10/s1. The van der Waals surface area contributed by atoms with E-state index >= 15 is 0 Å². The molecule has 2 aliphatic heterocycles. The highest BCUT2D eigenvalue weighted by molar-refractivity contribution is 5.73. The van der Waals surface area contributed by atoms with Gasteiger partial charge in [-0.25, -0.2) is 0 Å². The molecule has 8 rings (SSSR count). The van der Waals surface area contributed by atoms with Crippen LogP contribution >= 0.6 is 0 Å². The summed E-state index contributed by atoms with van der Waals surface area (Å²) in [7, 11) is 0. The SMILES string of the molecule is O=C1C[C@@]2(CC[C@H](c3ccc4c(c3)CC[C@@H](CO)C4)C2)CO1.O=C1C[C@@]2(CC[C@H](c3ccc4c(c3)CC[C@H](CO)C4)C2)CO1. The minimum absolute atomic E-state index is 0.0128. The second-order valence-corrected chi connectivity index (χ2v) is 15.2. The molecular formula is C38H48O6. The van der Waals surface area contributed by atoms with Gasteiger partial charge >= 0.3 is 11.9 Å². The summed E-state index contributed by atoms with van der Waals surface area (Å²) >= 11 is 0. The van der Waals surface area contributed by atoms with Gasteiger partial charge in [-0.2, -0.15) is 0 Å². The Kier molecular flexibility index (Phi) is 8.34. The Labute approximate surface area is 261 Å². The number of benzene rings is 2. The largest absolute Gasteiger partial charge is 0.465 e. The number of hydrogen-bond acceptors (Lipinski definition) is 6. The van der Waals surface area contributed by atoms with E-state index in [2.05, 4.69) is 36.4 Å². The molecule has 6 heteroatoms. The number of cyclic esters (lactones) is 2. The first-order valence-corrected chi connectivity index (χ1v) is 17.1. The Morgan fingerprint density at radius 1 is 0.636 bits per heavy atom. The Morgan fingerprint density at radius 2 is 1.09 bits per heavy atom. The van der Waals surface area contributed by atoms with Crippen molar-refractivity contribution in [1.29, 1.82) is 0 Å². The summed E-state index contributed by atoms with van der Waals surface area (Å²) in [5, 5.41) is 18.7. The van der Waals surface area contributed by atoms with Crippen molar-refractivity contribution in [3.05, 3.63) is 69.8 Å². The highest BCUT2D eigenvalue weighted by Gasteiger charge is 2.47. The molecule has 2 saturated heterocycles. The normalized spacial score (nSPS) is 34.0. The van der Waals surface area contributed by atoms with Gasteiger partial charge in [0, 0.05) is 24.0 Å². The van der Waals surface area contributed by atoms with Gasteiger partial charge in [0.2, 0.25) is 0 Å². The Balaban J connectivity index is 0.000000142. The lowest BCUT2D eigenvalue weighted by molar-refractivity contribution is -0.138. The Morgan fingerprint density at radius 3 is 1.48 bits per heavy atom. The van der Waals surface area contributed by atoms with Gasteiger partial charge in [0.15, 0.2) is 0 Å². The molecule has 6 atom stereocenters. The topological polar surface area (TPSA) is 93.1 Å². The van der Waals surface area contributed by atoms with Crippen LogP contribution in [0.4, 0.5) is 0 Å². The predicted octanol–water partition coefficient (Wildman–Crippen LogP) is 5.97. The fourth-order valence-corrected chi connectivity index (χ4v) is 9.37. The van der Waals surface area contributed by atoms with E-state index in [0.717, 1.165) is 64.2 Å². The molecule has 44 heavy (non-hydrogen) atoms. The van der Waals surface area contributed by atoms with Crippen LogP contribution in [0.25, 0.3) is 0 Å². The number of aliphatic hydroxyl groups excluding tert-OH is 2. The lowest BCUT2D eigenvalue weighted by Crippen LogP contribution is -2.18. The van der Waals surface area contributed by atoms with Crippen molar-refractivity contribution in [2.24, 2.45) is 22.7 Å². The number of esters is 2. The van der Waals surface area contributed by atoms with Crippen molar-refractivity contribution >= 4 is 11.9 Å². The van der Waals surface area contributed by atoms with Crippen LogP contribution in [0.5, 0.6) is 0 Å². The van der Waals surface area contributed by atoms with E-state index < -0.39 is 0 Å². The molecule has 2 aromatic rings. The molecule has 0 radical (unpaired) electrons. The fraction of sp³-hybridized carbons (Fsp3) is 0.632. The Bertz CT molecular complexity index is 1290. The predicted molar refractivity (Wildman–Crippen MR) is 167 cm³/mol. The van der Waals surface area contributed by atoms with Crippen LogP contribution in [-0.4, -0.2) is 48.6 Å². The van der Waals surface area contributed by atoms with Crippen molar-refractivity contribution in [2.75, 3.05) is 26.4 Å². The van der Waals surface area contributed by atoms with Gasteiger partial charge in [-0.1, -0.05) is 36.4 Å². The zero-order valence-electron chi connectivity index (χ0n) is 26.0. The molecule has 236 valence electrons. The summed E-state index contributed by atoms with van der Waals surface area (Å²) in [6.45, 7) is 1.87. The fourth-order valence-electron chi connectivity index (χ4n) is 9.37.